The van der Waals surface area contributed by atoms with Crippen LogP contribution in [0.25, 0.3) is 0 Å². The van der Waals surface area contributed by atoms with Crippen molar-refractivity contribution >= 4 is 5.95 Å². The molecule has 2 atom stereocenters. The van der Waals surface area contributed by atoms with Gasteiger partial charge in [-0.15, -0.1) is 0 Å². The lowest BCUT2D eigenvalue weighted by Crippen LogP contribution is -2.53. The molecule has 2 fully saturated rings. The van der Waals surface area contributed by atoms with E-state index in [1.54, 1.807) is 6.20 Å². The van der Waals surface area contributed by atoms with Crippen molar-refractivity contribution in [1.82, 2.24) is 19.9 Å². The number of fused-ring (bicyclic) bond motifs is 1. The number of aryl methyl sites for hydroxylation is 1. The van der Waals surface area contributed by atoms with E-state index in [1.807, 2.05) is 13.0 Å². The van der Waals surface area contributed by atoms with Crippen LogP contribution in [0.4, 0.5) is 10.3 Å². The Kier molecular flexibility index (Phi) is 4.20. The molecule has 7 nitrogen and oxygen atoms in total. The van der Waals surface area contributed by atoms with Gasteiger partial charge in [0.05, 0.1) is 23.9 Å². The van der Waals surface area contributed by atoms with Crippen molar-refractivity contribution < 1.29 is 13.9 Å². The van der Waals surface area contributed by atoms with Gasteiger partial charge in [-0.3, -0.25) is 0 Å². The molecular formula is C17H20FN5O2. The van der Waals surface area contributed by atoms with Gasteiger partial charge in [0, 0.05) is 31.6 Å². The van der Waals surface area contributed by atoms with Crippen LogP contribution in [0.5, 0.6) is 6.01 Å². The number of aromatic nitrogens is 4. The van der Waals surface area contributed by atoms with Crippen molar-refractivity contribution in [3.8, 4) is 6.01 Å². The Bertz CT molecular complexity index is 744. The van der Waals surface area contributed by atoms with Crippen molar-refractivity contribution in [2.75, 3.05) is 31.2 Å². The fourth-order valence-corrected chi connectivity index (χ4v) is 3.60. The van der Waals surface area contributed by atoms with Crippen LogP contribution in [0, 0.1) is 18.2 Å². The second-order valence-corrected chi connectivity index (χ2v) is 6.65. The van der Waals surface area contributed by atoms with Gasteiger partial charge in [-0.05, 0) is 25.8 Å². The van der Waals surface area contributed by atoms with Crippen LogP contribution < -0.4 is 9.64 Å². The minimum atomic E-state index is -0.433. The van der Waals surface area contributed by atoms with E-state index in [-0.39, 0.29) is 11.5 Å². The number of anilines is 1. The molecule has 2 aromatic heterocycles. The minimum Gasteiger partial charge on any atom is -0.463 e. The van der Waals surface area contributed by atoms with Crippen molar-refractivity contribution in [3.63, 3.8) is 0 Å². The van der Waals surface area contributed by atoms with E-state index in [2.05, 4.69) is 24.8 Å². The average molecular weight is 345 g/mol. The molecule has 0 radical (unpaired) electrons. The fraction of sp³-hybridized carbons (Fsp3) is 0.529. The van der Waals surface area contributed by atoms with Crippen molar-refractivity contribution in [3.05, 3.63) is 36.2 Å². The first kappa shape index (κ1) is 16.1. The van der Waals surface area contributed by atoms with Gasteiger partial charge in [0.15, 0.2) is 5.82 Å². The summed E-state index contributed by atoms with van der Waals surface area (Å²) in [5.41, 5.74) is 0.704. The summed E-state index contributed by atoms with van der Waals surface area (Å²) in [5, 5.41) is 0. The topological polar surface area (TPSA) is 73.3 Å². The molecule has 0 bridgehead atoms. The standard InChI is InChI=1S/C17H20FN5O2/c1-12-2-5-19-16(22-12)25-11-17-4-7-24-14(17)3-6-23(10-17)15-20-8-13(18)9-21-15/h2,5,8-9,14H,3-4,6-7,10-11H2,1H3/t14-,17+/m0/s1. The summed E-state index contributed by atoms with van der Waals surface area (Å²) in [6.45, 7) is 4.57. The van der Waals surface area contributed by atoms with Gasteiger partial charge in [0.2, 0.25) is 5.95 Å². The summed E-state index contributed by atoms with van der Waals surface area (Å²) in [7, 11) is 0. The SMILES string of the molecule is Cc1ccnc(OC[C@]23CCO[C@H]2CCN(c2ncc(F)cn2)C3)n1. The zero-order valence-electron chi connectivity index (χ0n) is 14.1. The number of piperidine rings is 1. The zero-order valence-corrected chi connectivity index (χ0v) is 14.1. The third-order valence-electron chi connectivity index (χ3n) is 4.92. The smallest absolute Gasteiger partial charge is 0.316 e. The van der Waals surface area contributed by atoms with E-state index in [0.717, 1.165) is 25.1 Å². The van der Waals surface area contributed by atoms with E-state index in [9.17, 15) is 4.39 Å². The van der Waals surface area contributed by atoms with Crippen molar-refractivity contribution in [2.45, 2.75) is 25.9 Å². The third kappa shape index (κ3) is 3.26. The molecule has 0 aliphatic carbocycles. The van der Waals surface area contributed by atoms with Crippen LogP contribution in [-0.2, 0) is 4.74 Å². The molecule has 0 amide bonds. The van der Waals surface area contributed by atoms with Crippen LogP contribution in [0.15, 0.2) is 24.7 Å². The van der Waals surface area contributed by atoms with Crippen LogP contribution in [-0.4, -0.2) is 52.3 Å². The predicted molar refractivity (Wildman–Crippen MR) is 87.9 cm³/mol. The van der Waals surface area contributed by atoms with Crippen LogP contribution in [0.3, 0.4) is 0 Å². The highest BCUT2D eigenvalue weighted by Crippen LogP contribution is 2.41. The number of ether oxygens (including phenoxy) is 2. The Labute approximate surface area is 145 Å². The maximum atomic E-state index is 13.1. The normalized spacial score (nSPS) is 25.7. The fourth-order valence-electron chi connectivity index (χ4n) is 3.60. The van der Waals surface area contributed by atoms with Crippen LogP contribution in [0.2, 0.25) is 0 Å². The highest BCUT2D eigenvalue weighted by molar-refractivity contribution is 5.31. The molecular weight excluding hydrogens is 325 g/mol. The zero-order chi connectivity index (χ0) is 17.3. The summed E-state index contributed by atoms with van der Waals surface area (Å²) in [6, 6.07) is 2.22. The second kappa shape index (κ2) is 6.51. The molecule has 25 heavy (non-hydrogen) atoms. The number of nitrogens with zero attached hydrogens (tertiary/aromatic N) is 5. The highest BCUT2D eigenvalue weighted by Gasteiger charge is 2.49. The summed E-state index contributed by atoms with van der Waals surface area (Å²) >= 11 is 0. The molecule has 2 saturated heterocycles. The Balaban J connectivity index is 1.51. The summed E-state index contributed by atoms with van der Waals surface area (Å²) < 4.78 is 24.9. The minimum absolute atomic E-state index is 0.133. The second-order valence-electron chi connectivity index (χ2n) is 6.65. The molecule has 0 saturated carbocycles. The predicted octanol–water partition coefficient (Wildman–Crippen LogP) is 1.78. The van der Waals surface area contributed by atoms with Gasteiger partial charge in [-0.2, -0.15) is 0 Å². The first-order valence-corrected chi connectivity index (χ1v) is 8.41. The molecule has 0 aromatic carbocycles. The molecule has 4 heterocycles. The van der Waals surface area contributed by atoms with Gasteiger partial charge in [-0.25, -0.2) is 24.3 Å². The van der Waals surface area contributed by atoms with Crippen LogP contribution in [0.1, 0.15) is 18.5 Å². The number of halogens is 1. The van der Waals surface area contributed by atoms with Crippen molar-refractivity contribution in [1.29, 1.82) is 0 Å². The first-order chi connectivity index (χ1) is 12.1. The van der Waals surface area contributed by atoms with Gasteiger partial charge in [-0.1, -0.05) is 0 Å². The molecule has 0 spiro atoms. The van der Waals surface area contributed by atoms with Gasteiger partial charge < -0.3 is 14.4 Å². The molecule has 0 N–H and O–H groups in total. The van der Waals surface area contributed by atoms with Gasteiger partial charge in [0.1, 0.15) is 6.61 Å². The Morgan fingerprint density at radius 1 is 1.36 bits per heavy atom. The third-order valence-corrected chi connectivity index (χ3v) is 4.92. The maximum Gasteiger partial charge on any atom is 0.316 e. The molecule has 2 aromatic rings. The Morgan fingerprint density at radius 2 is 2.20 bits per heavy atom. The molecule has 0 unspecified atom stereocenters. The van der Waals surface area contributed by atoms with Crippen LogP contribution >= 0.6 is 0 Å². The average Bonchev–Trinajstić information content (AvgIpc) is 3.04. The van der Waals surface area contributed by atoms with E-state index in [0.29, 0.717) is 31.7 Å². The lowest BCUT2D eigenvalue weighted by Gasteiger charge is -2.43. The monoisotopic (exact) mass is 345 g/mol. The van der Waals surface area contributed by atoms with Crippen molar-refractivity contribution in [2.24, 2.45) is 5.41 Å². The van der Waals surface area contributed by atoms with E-state index < -0.39 is 5.82 Å². The summed E-state index contributed by atoms with van der Waals surface area (Å²) in [5.74, 6) is 0.107. The van der Waals surface area contributed by atoms with E-state index >= 15 is 0 Å². The summed E-state index contributed by atoms with van der Waals surface area (Å²) in [4.78, 5) is 18.8. The number of hydrogen-bond donors (Lipinski definition) is 0. The summed E-state index contributed by atoms with van der Waals surface area (Å²) in [6.07, 6.45) is 5.97. The number of hydrogen-bond acceptors (Lipinski definition) is 7. The lowest BCUT2D eigenvalue weighted by atomic mass is 9.77. The Hall–Kier alpha value is -2.35. The molecule has 2 aliphatic rings. The molecule has 4 rings (SSSR count). The van der Waals surface area contributed by atoms with Gasteiger partial charge in [0.25, 0.3) is 0 Å². The number of rotatable bonds is 4. The first-order valence-electron chi connectivity index (χ1n) is 8.41. The molecule has 132 valence electrons. The highest BCUT2D eigenvalue weighted by atomic mass is 19.1. The lowest BCUT2D eigenvalue weighted by molar-refractivity contribution is 0.00610. The quantitative estimate of drug-likeness (QED) is 0.836. The Morgan fingerprint density at radius 3 is 3.00 bits per heavy atom. The molecule has 2 aliphatic heterocycles. The maximum absolute atomic E-state index is 13.1. The van der Waals surface area contributed by atoms with E-state index in [1.165, 1.54) is 12.4 Å². The van der Waals surface area contributed by atoms with Gasteiger partial charge >= 0.3 is 6.01 Å². The van der Waals surface area contributed by atoms with E-state index in [4.69, 9.17) is 9.47 Å². The molecule has 8 heteroatoms. The largest absolute Gasteiger partial charge is 0.463 e.